The zero-order valence-electron chi connectivity index (χ0n) is 10.4. The molecule has 0 spiro atoms. The number of anilines is 2. The molecule has 0 aliphatic carbocycles. The Kier molecular flexibility index (Phi) is 3.93. The first-order valence-corrected chi connectivity index (χ1v) is 6.41. The highest BCUT2D eigenvalue weighted by Crippen LogP contribution is 2.22. The largest absolute Gasteiger partial charge is 0.372 e. The monoisotopic (exact) mass is 228 g/mol. The van der Waals surface area contributed by atoms with Gasteiger partial charge in [0.25, 0.3) is 0 Å². The molecule has 1 aliphatic rings. The summed E-state index contributed by atoms with van der Waals surface area (Å²) in [5.41, 5.74) is 2.43. The standard InChI is InChI=1S/C15H20N2/c1-3-13(4-2)16-14-7-9-15(10-8-14)17-11-5-6-12-17/h1,7-10,13,16H,4-6,11-12H2,2H3. The van der Waals surface area contributed by atoms with E-state index in [9.17, 15) is 0 Å². The Bertz CT molecular complexity index is 382. The van der Waals surface area contributed by atoms with Crippen molar-refractivity contribution in [2.75, 3.05) is 23.3 Å². The molecule has 17 heavy (non-hydrogen) atoms. The van der Waals surface area contributed by atoms with Crippen molar-refractivity contribution in [1.82, 2.24) is 0 Å². The van der Waals surface area contributed by atoms with Crippen LogP contribution in [0.5, 0.6) is 0 Å². The van der Waals surface area contributed by atoms with Gasteiger partial charge in [0.2, 0.25) is 0 Å². The zero-order valence-corrected chi connectivity index (χ0v) is 10.4. The molecule has 1 aliphatic heterocycles. The highest BCUT2D eigenvalue weighted by Gasteiger charge is 2.11. The maximum Gasteiger partial charge on any atom is 0.0871 e. The van der Waals surface area contributed by atoms with Gasteiger partial charge in [-0.15, -0.1) is 6.42 Å². The number of hydrogen-bond acceptors (Lipinski definition) is 2. The van der Waals surface area contributed by atoms with Crippen molar-refractivity contribution < 1.29 is 0 Å². The number of hydrogen-bond donors (Lipinski definition) is 1. The van der Waals surface area contributed by atoms with Gasteiger partial charge < -0.3 is 10.2 Å². The first-order valence-electron chi connectivity index (χ1n) is 6.41. The molecule has 1 unspecified atom stereocenters. The van der Waals surface area contributed by atoms with Crippen molar-refractivity contribution >= 4 is 11.4 Å². The van der Waals surface area contributed by atoms with Crippen LogP contribution >= 0.6 is 0 Å². The van der Waals surface area contributed by atoms with Crippen LogP contribution in [0.2, 0.25) is 0 Å². The van der Waals surface area contributed by atoms with E-state index in [1.165, 1.54) is 31.6 Å². The molecule has 2 nitrogen and oxygen atoms in total. The van der Waals surface area contributed by atoms with E-state index in [-0.39, 0.29) is 6.04 Å². The van der Waals surface area contributed by atoms with Gasteiger partial charge in [-0.1, -0.05) is 12.8 Å². The van der Waals surface area contributed by atoms with Crippen molar-refractivity contribution in [2.24, 2.45) is 0 Å². The van der Waals surface area contributed by atoms with E-state index in [0.717, 1.165) is 12.1 Å². The van der Waals surface area contributed by atoms with Crippen molar-refractivity contribution in [3.8, 4) is 12.3 Å². The Morgan fingerprint density at radius 2 is 1.94 bits per heavy atom. The smallest absolute Gasteiger partial charge is 0.0871 e. The summed E-state index contributed by atoms with van der Waals surface area (Å²) in [6, 6.07) is 8.72. The lowest BCUT2D eigenvalue weighted by Crippen LogP contribution is -2.18. The van der Waals surface area contributed by atoms with Crippen molar-refractivity contribution in [1.29, 1.82) is 0 Å². The van der Waals surface area contributed by atoms with E-state index < -0.39 is 0 Å². The fraction of sp³-hybridized carbons (Fsp3) is 0.467. The molecule has 1 fully saturated rings. The molecule has 1 aromatic rings. The molecule has 0 saturated carbocycles. The maximum absolute atomic E-state index is 5.44. The van der Waals surface area contributed by atoms with Crippen LogP contribution in [-0.4, -0.2) is 19.1 Å². The minimum Gasteiger partial charge on any atom is -0.372 e. The van der Waals surface area contributed by atoms with E-state index in [1.54, 1.807) is 0 Å². The van der Waals surface area contributed by atoms with Gasteiger partial charge in [0.05, 0.1) is 6.04 Å². The average molecular weight is 228 g/mol. The normalized spacial score (nSPS) is 16.6. The van der Waals surface area contributed by atoms with Gasteiger partial charge >= 0.3 is 0 Å². The van der Waals surface area contributed by atoms with Gasteiger partial charge in [-0.25, -0.2) is 0 Å². The molecule has 2 heteroatoms. The Balaban J connectivity index is 2.00. The van der Waals surface area contributed by atoms with Crippen LogP contribution in [0.1, 0.15) is 26.2 Å². The molecule has 1 saturated heterocycles. The van der Waals surface area contributed by atoms with Crippen molar-refractivity contribution in [3.05, 3.63) is 24.3 Å². The Morgan fingerprint density at radius 3 is 2.47 bits per heavy atom. The summed E-state index contributed by atoms with van der Waals surface area (Å²) in [6.07, 6.45) is 9.02. The molecule has 0 radical (unpaired) electrons. The van der Waals surface area contributed by atoms with Crippen LogP contribution in [0.3, 0.4) is 0 Å². The summed E-state index contributed by atoms with van der Waals surface area (Å²) in [7, 11) is 0. The third kappa shape index (κ3) is 2.94. The second-order valence-corrected chi connectivity index (χ2v) is 4.51. The van der Waals surface area contributed by atoms with Crippen LogP contribution in [0, 0.1) is 12.3 Å². The number of terminal acetylenes is 1. The number of benzene rings is 1. The second-order valence-electron chi connectivity index (χ2n) is 4.51. The van der Waals surface area contributed by atoms with E-state index in [4.69, 9.17) is 6.42 Å². The molecule has 1 atom stereocenters. The van der Waals surface area contributed by atoms with Crippen LogP contribution in [0.15, 0.2) is 24.3 Å². The molecule has 1 aromatic carbocycles. The highest BCUT2D eigenvalue weighted by molar-refractivity contribution is 5.56. The minimum atomic E-state index is 0.132. The topological polar surface area (TPSA) is 15.3 Å². The Morgan fingerprint density at radius 1 is 1.29 bits per heavy atom. The van der Waals surface area contributed by atoms with Gasteiger partial charge in [-0.05, 0) is 43.5 Å². The number of nitrogens with zero attached hydrogens (tertiary/aromatic N) is 1. The van der Waals surface area contributed by atoms with Gasteiger partial charge in [0.1, 0.15) is 0 Å². The molecular formula is C15H20N2. The molecule has 0 aromatic heterocycles. The number of nitrogens with one attached hydrogen (secondary N) is 1. The van der Waals surface area contributed by atoms with E-state index >= 15 is 0 Å². The van der Waals surface area contributed by atoms with Crippen LogP contribution in [-0.2, 0) is 0 Å². The van der Waals surface area contributed by atoms with Crippen LogP contribution < -0.4 is 10.2 Å². The quantitative estimate of drug-likeness (QED) is 0.797. The second kappa shape index (κ2) is 5.63. The predicted octanol–water partition coefficient (Wildman–Crippen LogP) is 3.11. The van der Waals surface area contributed by atoms with Crippen molar-refractivity contribution in [2.45, 2.75) is 32.2 Å². The summed E-state index contributed by atoms with van der Waals surface area (Å²) in [6.45, 7) is 4.47. The van der Waals surface area contributed by atoms with E-state index in [0.29, 0.717) is 0 Å². The summed E-state index contributed by atoms with van der Waals surface area (Å²) in [5, 5.41) is 3.34. The molecule has 0 bridgehead atoms. The minimum absolute atomic E-state index is 0.132. The summed E-state index contributed by atoms with van der Waals surface area (Å²) < 4.78 is 0. The molecule has 1 heterocycles. The predicted molar refractivity (Wildman–Crippen MR) is 74.4 cm³/mol. The van der Waals surface area contributed by atoms with Gasteiger partial charge in [-0.2, -0.15) is 0 Å². The first-order chi connectivity index (χ1) is 8.33. The van der Waals surface area contributed by atoms with Crippen molar-refractivity contribution in [3.63, 3.8) is 0 Å². The molecule has 2 rings (SSSR count). The Hall–Kier alpha value is -1.62. The maximum atomic E-state index is 5.44. The SMILES string of the molecule is C#CC(CC)Nc1ccc(N2CCCC2)cc1. The lowest BCUT2D eigenvalue weighted by atomic mass is 10.2. The molecule has 90 valence electrons. The zero-order chi connectivity index (χ0) is 12.1. The average Bonchev–Trinajstić information content (AvgIpc) is 2.90. The summed E-state index contributed by atoms with van der Waals surface area (Å²) in [5.74, 6) is 2.75. The van der Waals surface area contributed by atoms with Crippen LogP contribution in [0.25, 0.3) is 0 Å². The fourth-order valence-electron chi connectivity index (χ4n) is 2.21. The van der Waals surface area contributed by atoms with E-state index in [2.05, 4.69) is 47.3 Å². The lowest BCUT2D eigenvalue weighted by molar-refractivity contribution is 0.857. The van der Waals surface area contributed by atoms with Crippen LogP contribution in [0.4, 0.5) is 11.4 Å². The summed E-state index contributed by atoms with van der Waals surface area (Å²) in [4.78, 5) is 2.43. The lowest BCUT2D eigenvalue weighted by Gasteiger charge is -2.18. The molecular weight excluding hydrogens is 208 g/mol. The number of rotatable bonds is 4. The first kappa shape index (κ1) is 11.9. The highest BCUT2D eigenvalue weighted by atomic mass is 15.1. The Labute approximate surface area is 104 Å². The third-order valence-corrected chi connectivity index (χ3v) is 3.29. The van der Waals surface area contributed by atoms with Gasteiger partial charge in [-0.3, -0.25) is 0 Å². The summed E-state index contributed by atoms with van der Waals surface area (Å²) >= 11 is 0. The third-order valence-electron chi connectivity index (χ3n) is 3.29. The van der Waals surface area contributed by atoms with E-state index in [1.807, 2.05) is 0 Å². The van der Waals surface area contributed by atoms with Gasteiger partial charge in [0, 0.05) is 24.5 Å². The fourth-order valence-corrected chi connectivity index (χ4v) is 2.21. The molecule has 1 N–H and O–H groups in total. The molecule has 0 amide bonds. The van der Waals surface area contributed by atoms with Gasteiger partial charge in [0.15, 0.2) is 0 Å².